The molecule has 1 saturated carbocycles. The van der Waals surface area contributed by atoms with Crippen LogP contribution in [0.4, 0.5) is 14.5 Å². The number of anilines is 1. The van der Waals surface area contributed by atoms with E-state index in [2.05, 4.69) is 16.0 Å². The largest absolute Gasteiger partial charge is 0.390 e. The van der Waals surface area contributed by atoms with E-state index in [1.54, 1.807) is 31.2 Å². The molecule has 37 heavy (non-hydrogen) atoms. The maximum Gasteiger partial charge on any atom is 0.237 e. The number of carbonyl (C=O) groups excluding carboxylic acids is 2. The highest BCUT2D eigenvalue weighted by Crippen LogP contribution is 2.56. The first-order valence-corrected chi connectivity index (χ1v) is 13.2. The van der Waals surface area contributed by atoms with E-state index in [-0.39, 0.29) is 23.3 Å². The van der Waals surface area contributed by atoms with Gasteiger partial charge in [0.1, 0.15) is 5.83 Å². The molecule has 0 bridgehead atoms. The summed E-state index contributed by atoms with van der Waals surface area (Å²) in [6, 6.07) is 3.36. The highest BCUT2D eigenvalue weighted by Gasteiger charge is 2.68. The summed E-state index contributed by atoms with van der Waals surface area (Å²) in [7, 11) is 0. The first kappa shape index (κ1) is 26.3. The fraction of sp³-hybridized carbons (Fsp3) is 0.571. The van der Waals surface area contributed by atoms with Gasteiger partial charge in [-0.2, -0.15) is 0 Å². The number of amides is 2. The summed E-state index contributed by atoms with van der Waals surface area (Å²) in [5, 5.41) is 19.9. The molecule has 6 nitrogen and oxygen atoms in total. The highest BCUT2D eigenvalue weighted by atomic mass is 35.5. The third-order valence-corrected chi connectivity index (χ3v) is 8.52. The van der Waals surface area contributed by atoms with Gasteiger partial charge in [-0.3, -0.25) is 9.59 Å². The summed E-state index contributed by atoms with van der Waals surface area (Å²) in [4.78, 5) is 27.8. The number of benzene rings is 1. The van der Waals surface area contributed by atoms with Gasteiger partial charge in [0.25, 0.3) is 0 Å². The standard InChI is InChI=1S/C28H34ClF2N3O3/c1-26(2,3)13-20-28(17-9-8-14(29)10-19(17)33-25(28)36)21(16-6-5-7-18(30)22(16)31)23(34-20)24(35)32-15-11-27(4,37)12-15/h5-10,15-16,20-23,34,37H,11-13H2,1-4H3,(H,32,35)(H,33,36)/t15-,16?,20-,21-,22?,23+,27+,28+/m0/s1. The van der Waals surface area contributed by atoms with Gasteiger partial charge in [0, 0.05) is 34.6 Å². The molecule has 1 saturated heterocycles. The van der Waals surface area contributed by atoms with Crippen molar-refractivity contribution < 1.29 is 23.5 Å². The molecule has 2 unspecified atom stereocenters. The molecule has 2 aliphatic heterocycles. The number of halogens is 3. The van der Waals surface area contributed by atoms with E-state index in [4.69, 9.17) is 11.6 Å². The molecule has 2 heterocycles. The number of alkyl halides is 1. The Kier molecular flexibility index (Phi) is 6.32. The van der Waals surface area contributed by atoms with E-state index in [0.29, 0.717) is 35.5 Å². The number of nitrogens with one attached hydrogen (secondary N) is 3. The summed E-state index contributed by atoms with van der Waals surface area (Å²) in [5.74, 6) is -3.64. The first-order chi connectivity index (χ1) is 17.2. The maximum atomic E-state index is 15.6. The van der Waals surface area contributed by atoms with Crippen molar-refractivity contribution in [3.05, 3.63) is 52.8 Å². The lowest BCUT2D eigenvalue weighted by Gasteiger charge is -2.43. The average molecular weight is 534 g/mol. The molecule has 2 aliphatic carbocycles. The van der Waals surface area contributed by atoms with Gasteiger partial charge in [-0.25, -0.2) is 8.78 Å². The van der Waals surface area contributed by atoms with Crippen LogP contribution in [0, 0.1) is 17.3 Å². The van der Waals surface area contributed by atoms with Crippen LogP contribution in [0.2, 0.25) is 5.02 Å². The minimum atomic E-state index is -1.99. The van der Waals surface area contributed by atoms with Crippen molar-refractivity contribution >= 4 is 29.1 Å². The predicted molar refractivity (Wildman–Crippen MR) is 139 cm³/mol. The van der Waals surface area contributed by atoms with Crippen molar-refractivity contribution in [2.75, 3.05) is 5.32 Å². The number of rotatable bonds is 4. The van der Waals surface area contributed by atoms with Crippen LogP contribution in [0.25, 0.3) is 0 Å². The Hall–Kier alpha value is -2.29. The molecule has 1 spiro atoms. The van der Waals surface area contributed by atoms with Gasteiger partial charge in [0.15, 0.2) is 6.17 Å². The second-order valence-corrected chi connectivity index (χ2v) is 13.0. The molecule has 9 heteroatoms. The van der Waals surface area contributed by atoms with Crippen LogP contribution in [0.1, 0.15) is 52.5 Å². The zero-order valence-corrected chi connectivity index (χ0v) is 22.2. The van der Waals surface area contributed by atoms with Gasteiger partial charge >= 0.3 is 0 Å². The Bertz CT molecular complexity index is 1190. The molecule has 200 valence electrons. The van der Waals surface area contributed by atoms with Gasteiger partial charge in [-0.1, -0.05) is 50.6 Å². The van der Waals surface area contributed by atoms with Gasteiger partial charge in [0.2, 0.25) is 11.8 Å². The quantitative estimate of drug-likeness (QED) is 0.464. The Morgan fingerprint density at radius 2 is 2.00 bits per heavy atom. The van der Waals surface area contributed by atoms with Crippen LogP contribution in [0.15, 0.2) is 42.3 Å². The molecule has 1 aromatic rings. The summed E-state index contributed by atoms with van der Waals surface area (Å²) >= 11 is 6.24. The second kappa shape index (κ2) is 8.89. The Morgan fingerprint density at radius 3 is 2.65 bits per heavy atom. The lowest BCUT2D eigenvalue weighted by Crippen LogP contribution is -2.58. The molecule has 2 fully saturated rings. The maximum absolute atomic E-state index is 15.6. The van der Waals surface area contributed by atoms with Crippen molar-refractivity contribution in [2.24, 2.45) is 17.3 Å². The summed E-state index contributed by atoms with van der Waals surface area (Å²) < 4.78 is 30.2. The van der Waals surface area contributed by atoms with Crippen LogP contribution in [-0.4, -0.2) is 46.8 Å². The zero-order chi connectivity index (χ0) is 26.9. The van der Waals surface area contributed by atoms with Crippen LogP contribution in [0.5, 0.6) is 0 Å². The van der Waals surface area contributed by atoms with E-state index in [1.807, 2.05) is 20.8 Å². The van der Waals surface area contributed by atoms with Gasteiger partial charge in [0.05, 0.1) is 17.1 Å². The fourth-order valence-corrected chi connectivity index (χ4v) is 7.07. The zero-order valence-electron chi connectivity index (χ0n) is 21.4. The van der Waals surface area contributed by atoms with Crippen molar-refractivity contribution in [2.45, 2.75) is 82.3 Å². The number of fused-ring (bicyclic) bond motifs is 2. The van der Waals surface area contributed by atoms with Crippen LogP contribution >= 0.6 is 11.6 Å². The Balaban J connectivity index is 1.64. The molecule has 6 atom stereocenters. The van der Waals surface area contributed by atoms with Gasteiger partial charge in [-0.15, -0.1) is 0 Å². The van der Waals surface area contributed by atoms with E-state index in [1.165, 1.54) is 6.08 Å². The molecule has 2 amide bonds. The summed E-state index contributed by atoms with van der Waals surface area (Å²) in [6.45, 7) is 7.83. The fourth-order valence-electron chi connectivity index (χ4n) is 6.90. The monoisotopic (exact) mass is 533 g/mol. The second-order valence-electron chi connectivity index (χ2n) is 12.5. The van der Waals surface area contributed by atoms with Crippen molar-refractivity contribution in [1.29, 1.82) is 0 Å². The number of hydrogen-bond donors (Lipinski definition) is 4. The smallest absolute Gasteiger partial charge is 0.237 e. The minimum Gasteiger partial charge on any atom is -0.390 e. The number of aliphatic hydroxyl groups is 1. The highest BCUT2D eigenvalue weighted by molar-refractivity contribution is 6.31. The normalized spacial score (nSPS) is 38.7. The van der Waals surface area contributed by atoms with Crippen molar-refractivity contribution in [1.82, 2.24) is 10.6 Å². The summed E-state index contributed by atoms with van der Waals surface area (Å²) in [5.41, 5.74) is -1.27. The lowest BCUT2D eigenvalue weighted by molar-refractivity contribution is -0.129. The average Bonchev–Trinajstić information content (AvgIpc) is 3.23. The molecule has 0 radical (unpaired) electrons. The van der Waals surface area contributed by atoms with Crippen molar-refractivity contribution in [3.63, 3.8) is 0 Å². The molecule has 4 N–H and O–H groups in total. The number of hydrogen-bond acceptors (Lipinski definition) is 4. The third kappa shape index (κ3) is 4.41. The number of allylic oxidation sites excluding steroid dienone is 4. The van der Waals surface area contributed by atoms with Crippen molar-refractivity contribution in [3.8, 4) is 0 Å². The molecular formula is C28H34ClF2N3O3. The molecule has 4 aliphatic rings. The van der Waals surface area contributed by atoms with E-state index < -0.39 is 46.9 Å². The Morgan fingerprint density at radius 1 is 1.30 bits per heavy atom. The van der Waals surface area contributed by atoms with Crippen LogP contribution in [-0.2, 0) is 15.0 Å². The van der Waals surface area contributed by atoms with Crippen LogP contribution in [0.3, 0.4) is 0 Å². The molecule has 5 rings (SSSR count). The molecular weight excluding hydrogens is 500 g/mol. The summed E-state index contributed by atoms with van der Waals surface area (Å²) in [6.07, 6.45) is 3.42. The SMILES string of the molecule is CC(C)(C)C[C@@H]1N[C@@H](C(=O)N[C@H]2C[C@@](C)(O)C2)[C@H](C2C=CC=C(F)C2F)[C@]12C(=O)Nc1cc(Cl)ccc12. The topological polar surface area (TPSA) is 90.5 Å². The lowest BCUT2D eigenvalue weighted by atomic mass is 9.59. The molecule has 1 aromatic carbocycles. The van der Waals surface area contributed by atoms with E-state index in [0.717, 1.165) is 6.08 Å². The number of carbonyl (C=O) groups is 2. The molecule has 0 aromatic heterocycles. The minimum absolute atomic E-state index is 0.231. The van der Waals surface area contributed by atoms with E-state index >= 15 is 4.39 Å². The van der Waals surface area contributed by atoms with Gasteiger partial charge in [-0.05, 0) is 55.4 Å². The Labute approximate surface area is 220 Å². The van der Waals surface area contributed by atoms with Crippen LogP contribution < -0.4 is 16.0 Å². The van der Waals surface area contributed by atoms with E-state index in [9.17, 15) is 19.1 Å². The third-order valence-electron chi connectivity index (χ3n) is 8.29. The van der Waals surface area contributed by atoms with Gasteiger partial charge < -0.3 is 21.1 Å². The predicted octanol–water partition coefficient (Wildman–Crippen LogP) is 4.33. The first-order valence-electron chi connectivity index (χ1n) is 12.8.